The molecule has 0 fully saturated rings. The summed E-state index contributed by atoms with van der Waals surface area (Å²) in [5.41, 5.74) is 6.80. The third-order valence-corrected chi connectivity index (χ3v) is 3.83. The summed E-state index contributed by atoms with van der Waals surface area (Å²) in [6, 6.07) is 12.3. The SMILES string of the molecule is Nc1c(-c2ccccc2Cl)oc2ccc(Br)cc2c1=O. The van der Waals surface area contributed by atoms with Crippen LogP contribution in [0.1, 0.15) is 0 Å². The summed E-state index contributed by atoms with van der Waals surface area (Å²) in [5, 5.41) is 0.923. The highest BCUT2D eigenvalue weighted by Gasteiger charge is 2.15. The van der Waals surface area contributed by atoms with Gasteiger partial charge in [-0.3, -0.25) is 4.79 Å². The van der Waals surface area contributed by atoms with Crippen LogP contribution in [0.15, 0.2) is 56.1 Å². The molecule has 0 aliphatic heterocycles. The van der Waals surface area contributed by atoms with Crippen LogP contribution in [-0.4, -0.2) is 0 Å². The number of benzene rings is 2. The number of nitrogen functional groups attached to an aromatic ring is 1. The van der Waals surface area contributed by atoms with Crippen molar-refractivity contribution in [2.24, 2.45) is 0 Å². The highest BCUT2D eigenvalue weighted by Crippen LogP contribution is 2.33. The Morgan fingerprint density at radius 1 is 1.15 bits per heavy atom. The molecule has 0 aliphatic carbocycles. The van der Waals surface area contributed by atoms with Gasteiger partial charge in [0, 0.05) is 10.0 Å². The molecule has 0 amide bonds. The van der Waals surface area contributed by atoms with Gasteiger partial charge in [0.05, 0.1) is 10.4 Å². The lowest BCUT2D eigenvalue weighted by molar-refractivity contribution is 0.621. The first-order valence-electron chi connectivity index (χ1n) is 5.84. The van der Waals surface area contributed by atoms with Gasteiger partial charge >= 0.3 is 0 Å². The summed E-state index contributed by atoms with van der Waals surface area (Å²) in [6.45, 7) is 0. The van der Waals surface area contributed by atoms with Crippen molar-refractivity contribution in [3.05, 3.63) is 62.2 Å². The minimum Gasteiger partial charge on any atom is -0.454 e. The van der Waals surface area contributed by atoms with Crippen LogP contribution in [0.5, 0.6) is 0 Å². The van der Waals surface area contributed by atoms with Gasteiger partial charge in [-0.15, -0.1) is 0 Å². The Morgan fingerprint density at radius 3 is 2.65 bits per heavy atom. The summed E-state index contributed by atoms with van der Waals surface area (Å²) in [5.74, 6) is 0.301. The molecule has 0 atom stereocenters. The van der Waals surface area contributed by atoms with E-state index in [2.05, 4.69) is 15.9 Å². The van der Waals surface area contributed by atoms with E-state index in [4.69, 9.17) is 21.8 Å². The van der Waals surface area contributed by atoms with Crippen molar-refractivity contribution >= 4 is 44.2 Å². The molecule has 100 valence electrons. The van der Waals surface area contributed by atoms with Crippen molar-refractivity contribution in [2.75, 3.05) is 5.73 Å². The van der Waals surface area contributed by atoms with Crippen LogP contribution in [-0.2, 0) is 0 Å². The minimum atomic E-state index is -0.262. The van der Waals surface area contributed by atoms with Gasteiger partial charge in [-0.25, -0.2) is 0 Å². The molecule has 1 aromatic heterocycles. The van der Waals surface area contributed by atoms with Gasteiger partial charge in [-0.1, -0.05) is 39.7 Å². The van der Waals surface area contributed by atoms with Gasteiger partial charge in [0.1, 0.15) is 11.3 Å². The van der Waals surface area contributed by atoms with Crippen molar-refractivity contribution in [1.82, 2.24) is 0 Å². The molecule has 3 nitrogen and oxygen atoms in total. The molecule has 0 unspecified atom stereocenters. The molecule has 0 spiro atoms. The van der Waals surface area contributed by atoms with Crippen LogP contribution < -0.4 is 11.2 Å². The standard InChI is InChI=1S/C15H9BrClNO2/c16-8-5-6-12-10(7-8)14(19)13(18)15(20-12)9-3-1-2-4-11(9)17/h1-7H,18H2. The van der Waals surface area contributed by atoms with E-state index in [0.29, 0.717) is 27.3 Å². The predicted molar refractivity (Wildman–Crippen MR) is 85.0 cm³/mol. The Hall–Kier alpha value is -1.78. The molecule has 20 heavy (non-hydrogen) atoms. The van der Waals surface area contributed by atoms with Gasteiger partial charge in [0.25, 0.3) is 0 Å². The summed E-state index contributed by atoms with van der Waals surface area (Å²) >= 11 is 9.46. The molecule has 0 aliphatic rings. The summed E-state index contributed by atoms with van der Waals surface area (Å²) in [7, 11) is 0. The van der Waals surface area contributed by atoms with Gasteiger partial charge in [0.15, 0.2) is 5.76 Å². The molecule has 5 heteroatoms. The summed E-state index contributed by atoms with van der Waals surface area (Å²) < 4.78 is 6.56. The van der Waals surface area contributed by atoms with Gasteiger partial charge in [-0.05, 0) is 30.3 Å². The Labute approximate surface area is 128 Å². The fraction of sp³-hybridized carbons (Fsp3) is 0. The highest BCUT2D eigenvalue weighted by atomic mass is 79.9. The van der Waals surface area contributed by atoms with Crippen LogP contribution in [0.4, 0.5) is 5.69 Å². The second kappa shape index (κ2) is 4.96. The van der Waals surface area contributed by atoms with E-state index in [1.165, 1.54) is 0 Å². The van der Waals surface area contributed by atoms with Gasteiger partial charge < -0.3 is 10.2 Å². The quantitative estimate of drug-likeness (QED) is 0.705. The molecule has 2 N–H and O–H groups in total. The molecular formula is C15H9BrClNO2. The zero-order valence-corrected chi connectivity index (χ0v) is 12.5. The number of fused-ring (bicyclic) bond motifs is 1. The first-order valence-corrected chi connectivity index (χ1v) is 7.02. The highest BCUT2D eigenvalue weighted by molar-refractivity contribution is 9.10. The van der Waals surface area contributed by atoms with Crippen molar-refractivity contribution in [3.8, 4) is 11.3 Å². The Balaban J connectivity index is 2.39. The summed E-state index contributed by atoms with van der Waals surface area (Å²) in [4.78, 5) is 12.3. The Bertz CT molecular complexity index is 873. The summed E-state index contributed by atoms with van der Waals surface area (Å²) in [6.07, 6.45) is 0. The number of hydrogen-bond acceptors (Lipinski definition) is 3. The Morgan fingerprint density at radius 2 is 1.90 bits per heavy atom. The number of hydrogen-bond donors (Lipinski definition) is 1. The normalized spacial score (nSPS) is 10.9. The lowest BCUT2D eigenvalue weighted by atomic mass is 10.1. The molecule has 0 saturated heterocycles. The smallest absolute Gasteiger partial charge is 0.216 e. The maximum Gasteiger partial charge on any atom is 0.216 e. The third-order valence-electron chi connectivity index (χ3n) is 3.01. The molecule has 0 bridgehead atoms. The van der Waals surface area contributed by atoms with Gasteiger partial charge in [0.2, 0.25) is 5.43 Å². The number of anilines is 1. The zero-order chi connectivity index (χ0) is 14.3. The average Bonchev–Trinajstić information content (AvgIpc) is 2.44. The monoisotopic (exact) mass is 349 g/mol. The molecule has 0 radical (unpaired) electrons. The number of halogens is 2. The van der Waals surface area contributed by atoms with Crippen molar-refractivity contribution in [1.29, 1.82) is 0 Å². The lowest BCUT2D eigenvalue weighted by Crippen LogP contribution is -2.10. The van der Waals surface area contributed by atoms with Crippen molar-refractivity contribution in [2.45, 2.75) is 0 Å². The second-order valence-electron chi connectivity index (χ2n) is 4.29. The van der Waals surface area contributed by atoms with Crippen molar-refractivity contribution < 1.29 is 4.42 Å². The van der Waals surface area contributed by atoms with E-state index >= 15 is 0 Å². The van der Waals surface area contributed by atoms with E-state index in [-0.39, 0.29) is 11.1 Å². The predicted octanol–water partition coefficient (Wildman–Crippen LogP) is 4.46. The minimum absolute atomic E-state index is 0.0590. The van der Waals surface area contributed by atoms with Crippen LogP contribution in [0.2, 0.25) is 5.02 Å². The fourth-order valence-electron chi connectivity index (χ4n) is 2.03. The molecule has 1 heterocycles. The maximum absolute atomic E-state index is 12.3. The topological polar surface area (TPSA) is 56.2 Å². The third kappa shape index (κ3) is 2.11. The van der Waals surface area contributed by atoms with E-state index in [1.807, 2.05) is 6.07 Å². The van der Waals surface area contributed by atoms with Crippen LogP contribution in [0.3, 0.4) is 0 Å². The van der Waals surface area contributed by atoms with Crippen LogP contribution >= 0.6 is 27.5 Å². The molecule has 0 saturated carbocycles. The van der Waals surface area contributed by atoms with E-state index in [9.17, 15) is 4.79 Å². The average molecular weight is 351 g/mol. The van der Waals surface area contributed by atoms with E-state index < -0.39 is 0 Å². The molecular weight excluding hydrogens is 342 g/mol. The molecule has 3 aromatic rings. The number of nitrogens with two attached hydrogens (primary N) is 1. The number of rotatable bonds is 1. The fourth-order valence-corrected chi connectivity index (χ4v) is 2.61. The van der Waals surface area contributed by atoms with Crippen LogP contribution in [0.25, 0.3) is 22.3 Å². The maximum atomic E-state index is 12.3. The lowest BCUT2D eigenvalue weighted by Gasteiger charge is -2.08. The molecule has 2 aromatic carbocycles. The zero-order valence-electron chi connectivity index (χ0n) is 10.2. The second-order valence-corrected chi connectivity index (χ2v) is 5.62. The van der Waals surface area contributed by atoms with E-state index in [1.54, 1.807) is 36.4 Å². The Kier molecular flexibility index (Phi) is 3.28. The largest absolute Gasteiger partial charge is 0.454 e. The van der Waals surface area contributed by atoms with Crippen LogP contribution in [0, 0.1) is 0 Å². The van der Waals surface area contributed by atoms with E-state index in [0.717, 1.165) is 4.47 Å². The van der Waals surface area contributed by atoms with Gasteiger partial charge in [-0.2, -0.15) is 0 Å². The van der Waals surface area contributed by atoms with Crippen molar-refractivity contribution in [3.63, 3.8) is 0 Å². The molecule has 3 rings (SSSR count). The first-order chi connectivity index (χ1) is 9.58. The first kappa shape index (κ1) is 13.2.